The summed E-state index contributed by atoms with van der Waals surface area (Å²) in [4.78, 5) is 0. The van der Waals surface area contributed by atoms with Crippen molar-refractivity contribution in [3.63, 3.8) is 0 Å². The third-order valence-corrected chi connectivity index (χ3v) is 6.09. The van der Waals surface area contributed by atoms with Gasteiger partial charge in [-0.25, -0.2) is 0 Å². The summed E-state index contributed by atoms with van der Waals surface area (Å²) in [5, 5.41) is 0. The molecule has 1 atom stereocenters. The largest absolute Gasteiger partial charge is 0.497 e. The van der Waals surface area contributed by atoms with Crippen LogP contribution in [0.1, 0.15) is 33.1 Å². The molecule has 6 heteroatoms. The van der Waals surface area contributed by atoms with Crippen LogP contribution < -0.4 is 0 Å². The first-order valence-electron chi connectivity index (χ1n) is 7.43. The van der Waals surface area contributed by atoms with Gasteiger partial charge in [0, 0.05) is 39.4 Å². The highest BCUT2D eigenvalue weighted by molar-refractivity contribution is 6.59. The molecule has 0 aromatic rings. The van der Waals surface area contributed by atoms with Crippen LogP contribution in [0.15, 0.2) is 0 Å². The fourth-order valence-corrected chi connectivity index (χ4v) is 3.15. The molecule has 0 saturated carbocycles. The van der Waals surface area contributed by atoms with E-state index in [0.29, 0.717) is 6.61 Å². The maximum absolute atomic E-state index is 6.00. The van der Waals surface area contributed by atoms with E-state index in [0.717, 1.165) is 39.1 Å². The van der Waals surface area contributed by atoms with Crippen LogP contribution in [-0.2, 0) is 22.8 Å². The minimum atomic E-state index is -2.40. The van der Waals surface area contributed by atoms with Crippen molar-refractivity contribution < 1.29 is 22.8 Å². The highest BCUT2D eigenvalue weighted by Crippen LogP contribution is 2.35. The maximum Gasteiger partial charge on any atom is 0.497 e. The minimum Gasteiger partial charge on any atom is -0.380 e. The number of ether oxygens (including phenoxy) is 2. The van der Waals surface area contributed by atoms with Gasteiger partial charge in [-0.2, -0.15) is 0 Å². The van der Waals surface area contributed by atoms with Gasteiger partial charge in [-0.05, 0) is 19.3 Å². The Labute approximate surface area is 124 Å². The van der Waals surface area contributed by atoms with E-state index in [4.69, 9.17) is 22.8 Å². The molecule has 0 spiro atoms. The van der Waals surface area contributed by atoms with Crippen molar-refractivity contribution in [3.8, 4) is 0 Å². The van der Waals surface area contributed by atoms with Gasteiger partial charge < -0.3 is 22.8 Å². The predicted molar refractivity (Wildman–Crippen MR) is 79.8 cm³/mol. The Morgan fingerprint density at radius 3 is 2.30 bits per heavy atom. The van der Waals surface area contributed by atoms with E-state index >= 15 is 0 Å². The first kappa shape index (κ1) is 18.1. The summed E-state index contributed by atoms with van der Waals surface area (Å²) in [6.45, 7) is 9.32. The summed E-state index contributed by atoms with van der Waals surface area (Å²) in [5.41, 5.74) is 0.165. The molecule has 0 amide bonds. The molecule has 1 aliphatic rings. The molecule has 0 radical (unpaired) electrons. The zero-order chi connectivity index (χ0) is 15.1. The fourth-order valence-electron chi connectivity index (χ4n) is 2.23. The topological polar surface area (TPSA) is 46.2 Å². The number of hydrogen-bond donors (Lipinski definition) is 0. The molecule has 1 rings (SSSR count). The van der Waals surface area contributed by atoms with Gasteiger partial charge in [-0.15, -0.1) is 0 Å². The summed E-state index contributed by atoms with van der Waals surface area (Å²) < 4.78 is 27.7. The van der Waals surface area contributed by atoms with Gasteiger partial charge in [0.1, 0.15) is 0 Å². The molecule has 1 heterocycles. The van der Waals surface area contributed by atoms with Gasteiger partial charge in [-0.1, -0.05) is 13.8 Å². The van der Waals surface area contributed by atoms with Gasteiger partial charge in [0.2, 0.25) is 0 Å². The summed E-state index contributed by atoms with van der Waals surface area (Å²) in [6, 6.07) is 0. The molecule has 120 valence electrons. The number of hydrogen-bond acceptors (Lipinski definition) is 5. The highest BCUT2D eigenvalue weighted by Gasteiger charge is 2.41. The van der Waals surface area contributed by atoms with Crippen molar-refractivity contribution in [1.82, 2.24) is 0 Å². The number of rotatable bonds is 11. The SMILES string of the molecule is CCCOC(CCCO[Si](C)(OC)OC)C1(C)COC1. The second-order valence-corrected chi connectivity index (χ2v) is 8.60. The van der Waals surface area contributed by atoms with Gasteiger partial charge in [0.25, 0.3) is 0 Å². The van der Waals surface area contributed by atoms with Crippen LogP contribution in [0.3, 0.4) is 0 Å². The van der Waals surface area contributed by atoms with Crippen molar-refractivity contribution in [1.29, 1.82) is 0 Å². The standard InChI is InChI=1S/C14H30O5Si/c1-6-9-18-13(14(2)11-17-12-14)8-7-10-19-20(5,15-3)16-4/h13H,6-12H2,1-5H3. The first-order valence-corrected chi connectivity index (χ1v) is 9.66. The highest BCUT2D eigenvalue weighted by atomic mass is 28.4. The summed E-state index contributed by atoms with van der Waals surface area (Å²) in [5.74, 6) is 0. The van der Waals surface area contributed by atoms with E-state index in [1.807, 2.05) is 6.55 Å². The van der Waals surface area contributed by atoms with Crippen LogP contribution in [0.4, 0.5) is 0 Å². The molecule has 0 N–H and O–H groups in total. The zero-order valence-corrected chi connectivity index (χ0v) is 14.6. The second kappa shape index (κ2) is 8.46. The average Bonchev–Trinajstić information content (AvgIpc) is 2.43. The third kappa shape index (κ3) is 5.09. The van der Waals surface area contributed by atoms with Gasteiger partial charge in [-0.3, -0.25) is 0 Å². The Morgan fingerprint density at radius 2 is 1.85 bits per heavy atom. The Hall–Kier alpha value is 0.0169. The van der Waals surface area contributed by atoms with Crippen LogP contribution >= 0.6 is 0 Å². The lowest BCUT2D eigenvalue weighted by Crippen LogP contribution is -2.50. The first-order chi connectivity index (χ1) is 9.49. The second-order valence-electron chi connectivity index (χ2n) is 5.77. The molecule has 1 unspecified atom stereocenters. The Morgan fingerprint density at radius 1 is 1.20 bits per heavy atom. The molecule has 1 fully saturated rings. The lowest BCUT2D eigenvalue weighted by Gasteiger charge is -2.44. The Bertz CT molecular complexity index is 266. The normalized spacial score (nSPS) is 19.6. The van der Waals surface area contributed by atoms with E-state index in [1.54, 1.807) is 14.2 Å². The Kier molecular flexibility index (Phi) is 7.64. The van der Waals surface area contributed by atoms with Crippen molar-refractivity contribution in [3.05, 3.63) is 0 Å². The summed E-state index contributed by atoms with van der Waals surface area (Å²) in [6.07, 6.45) is 3.22. The van der Waals surface area contributed by atoms with Crippen molar-refractivity contribution >= 4 is 8.80 Å². The molecular formula is C14H30O5Si. The molecule has 20 heavy (non-hydrogen) atoms. The summed E-state index contributed by atoms with van der Waals surface area (Å²) >= 11 is 0. The van der Waals surface area contributed by atoms with Gasteiger partial charge in [0.15, 0.2) is 0 Å². The van der Waals surface area contributed by atoms with Crippen molar-refractivity contribution in [2.75, 3.05) is 40.6 Å². The molecule has 0 aromatic carbocycles. The molecule has 1 aliphatic heterocycles. The van der Waals surface area contributed by atoms with Crippen LogP contribution in [0.2, 0.25) is 6.55 Å². The molecule has 5 nitrogen and oxygen atoms in total. The Balaban J connectivity index is 2.31. The third-order valence-electron chi connectivity index (χ3n) is 3.88. The van der Waals surface area contributed by atoms with Crippen LogP contribution in [0.25, 0.3) is 0 Å². The van der Waals surface area contributed by atoms with E-state index in [1.165, 1.54) is 0 Å². The monoisotopic (exact) mass is 306 g/mol. The molecule has 0 aliphatic carbocycles. The smallest absolute Gasteiger partial charge is 0.380 e. The molecule has 0 aromatic heterocycles. The maximum atomic E-state index is 6.00. The van der Waals surface area contributed by atoms with Crippen LogP contribution in [0, 0.1) is 5.41 Å². The molecular weight excluding hydrogens is 276 g/mol. The van der Waals surface area contributed by atoms with Crippen molar-refractivity contribution in [2.24, 2.45) is 5.41 Å². The zero-order valence-electron chi connectivity index (χ0n) is 13.6. The van der Waals surface area contributed by atoms with Gasteiger partial charge >= 0.3 is 8.80 Å². The van der Waals surface area contributed by atoms with E-state index in [-0.39, 0.29) is 11.5 Å². The molecule has 0 bridgehead atoms. The lowest BCUT2D eigenvalue weighted by atomic mass is 9.80. The quantitative estimate of drug-likeness (QED) is 0.433. The van der Waals surface area contributed by atoms with Crippen LogP contribution in [0.5, 0.6) is 0 Å². The summed E-state index contributed by atoms with van der Waals surface area (Å²) in [7, 11) is 0.869. The van der Waals surface area contributed by atoms with E-state index < -0.39 is 8.80 Å². The molecule has 1 saturated heterocycles. The van der Waals surface area contributed by atoms with Crippen LogP contribution in [-0.4, -0.2) is 55.6 Å². The lowest BCUT2D eigenvalue weighted by molar-refractivity contribution is -0.180. The van der Waals surface area contributed by atoms with Crippen molar-refractivity contribution in [2.45, 2.75) is 45.8 Å². The van der Waals surface area contributed by atoms with Gasteiger partial charge in [0.05, 0.1) is 19.3 Å². The predicted octanol–water partition coefficient (Wildman–Crippen LogP) is 2.48. The fraction of sp³-hybridized carbons (Fsp3) is 1.00. The average molecular weight is 306 g/mol. The van der Waals surface area contributed by atoms with E-state index in [2.05, 4.69) is 13.8 Å². The van der Waals surface area contributed by atoms with E-state index in [9.17, 15) is 0 Å². The minimum absolute atomic E-state index is 0.165.